The third-order valence-corrected chi connectivity index (χ3v) is 7.49. The van der Waals surface area contributed by atoms with Gasteiger partial charge in [0, 0.05) is 13.0 Å². The van der Waals surface area contributed by atoms with Crippen molar-refractivity contribution in [3.05, 3.63) is 59.7 Å². The zero-order valence-corrected chi connectivity index (χ0v) is 20.3. The van der Waals surface area contributed by atoms with Crippen LogP contribution in [0.1, 0.15) is 43.7 Å². The number of carboxylic acid groups (broad SMARTS) is 1. The molecule has 2 atom stereocenters. The molecule has 1 heterocycles. The van der Waals surface area contributed by atoms with Crippen molar-refractivity contribution in [1.29, 1.82) is 0 Å². The van der Waals surface area contributed by atoms with Gasteiger partial charge in [0.1, 0.15) is 18.1 Å². The summed E-state index contributed by atoms with van der Waals surface area (Å²) in [6.07, 6.45) is -0.000510. The SMILES string of the molecule is CCC(CC)(NC(=O)OCC1c2ccccc2-c2ccccc21)C(=O)N(C)C1COCC1C(=O)O. The molecule has 2 aromatic carbocycles. The standard InChI is InChI=1S/C27H32N2O6/c1-4-27(5-2,25(32)29(3)23-16-34-14-22(23)24(30)31)28-26(33)35-15-21-19-12-8-6-10-17(19)18-11-7-9-13-20(18)21/h6-13,21-23H,4-5,14-16H2,1-3H3,(H,28,33)(H,30,31). The predicted octanol–water partition coefficient (Wildman–Crippen LogP) is 3.64. The second-order valence-corrected chi connectivity index (χ2v) is 9.21. The van der Waals surface area contributed by atoms with Crippen LogP contribution in [0, 0.1) is 5.92 Å². The minimum atomic E-state index is -1.21. The molecule has 4 rings (SSSR count). The lowest BCUT2D eigenvalue weighted by Gasteiger charge is -2.37. The molecule has 8 nitrogen and oxygen atoms in total. The number of aliphatic carboxylic acids is 1. The third kappa shape index (κ3) is 4.50. The molecule has 0 bridgehead atoms. The number of hydrogen-bond acceptors (Lipinski definition) is 5. The molecular formula is C27H32N2O6. The Hall–Kier alpha value is -3.39. The van der Waals surface area contributed by atoms with Gasteiger partial charge in [0.25, 0.3) is 0 Å². The van der Waals surface area contributed by atoms with Crippen molar-refractivity contribution in [1.82, 2.24) is 10.2 Å². The molecule has 0 saturated carbocycles. The van der Waals surface area contributed by atoms with E-state index in [4.69, 9.17) is 9.47 Å². The number of carbonyl (C=O) groups excluding carboxylic acids is 2. The Morgan fingerprint density at radius 2 is 1.60 bits per heavy atom. The van der Waals surface area contributed by atoms with Gasteiger partial charge in [-0.3, -0.25) is 9.59 Å². The molecule has 1 aliphatic carbocycles. The summed E-state index contributed by atoms with van der Waals surface area (Å²) in [6.45, 7) is 3.99. The maximum atomic E-state index is 13.5. The van der Waals surface area contributed by atoms with Crippen LogP contribution in [0.4, 0.5) is 4.79 Å². The van der Waals surface area contributed by atoms with Crippen LogP contribution in [0.2, 0.25) is 0 Å². The van der Waals surface area contributed by atoms with Gasteiger partial charge in [-0.25, -0.2) is 4.79 Å². The summed E-state index contributed by atoms with van der Waals surface area (Å²) in [5.41, 5.74) is 3.28. The molecular weight excluding hydrogens is 448 g/mol. The maximum absolute atomic E-state index is 13.5. The lowest BCUT2D eigenvalue weighted by molar-refractivity contribution is -0.146. The Morgan fingerprint density at radius 1 is 1.03 bits per heavy atom. The van der Waals surface area contributed by atoms with Crippen LogP contribution in [0.5, 0.6) is 0 Å². The summed E-state index contributed by atoms with van der Waals surface area (Å²) in [5.74, 6) is -2.24. The minimum absolute atomic E-state index is 0.0582. The van der Waals surface area contributed by atoms with Gasteiger partial charge in [0.15, 0.2) is 0 Å². The molecule has 2 amide bonds. The molecule has 2 unspecified atom stereocenters. The summed E-state index contributed by atoms with van der Waals surface area (Å²) in [6, 6.07) is 15.6. The van der Waals surface area contributed by atoms with Crippen LogP contribution in [-0.2, 0) is 19.1 Å². The molecule has 35 heavy (non-hydrogen) atoms. The van der Waals surface area contributed by atoms with Gasteiger partial charge in [-0.15, -0.1) is 0 Å². The van der Waals surface area contributed by atoms with Crippen molar-refractivity contribution in [3.8, 4) is 11.1 Å². The van der Waals surface area contributed by atoms with Gasteiger partial charge < -0.3 is 24.8 Å². The van der Waals surface area contributed by atoms with Crippen molar-refractivity contribution in [2.24, 2.45) is 5.92 Å². The van der Waals surface area contributed by atoms with Crippen molar-refractivity contribution < 1.29 is 29.0 Å². The first-order chi connectivity index (χ1) is 16.8. The van der Waals surface area contributed by atoms with Gasteiger partial charge in [-0.05, 0) is 35.1 Å². The van der Waals surface area contributed by atoms with Crippen LogP contribution in [0.15, 0.2) is 48.5 Å². The van der Waals surface area contributed by atoms with Crippen LogP contribution in [0.25, 0.3) is 11.1 Å². The highest BCUT2D eigenvalue weighted by Gasteiger charge is 2.45. The largest absolute Gasteiger partial charge is 0.481 e. The number of nitrogens with one attached hydrogen (secondary N) is 1. The maximum Gasteiger partial charge on any atom is 0.408 e. The van der Waals surface area contributed by atoms with Gasteiger partial charge in [0.2, 0.25) is 5.91 Å². The van der Waals surface area contributed by atoms with Crippen LogP contribution in [0.3, 0.4) is 0 Å². The van der Waals surface area contributed by atoms with Gasteiger partial charge in [-0.2, -0.15) is 0 Å². The highest BCUT2D eigenvalue weighted by atomic mass is 16.5. The van der Waals surface area contributed by atoms with E-state index in [1.165, 1.54) is 4.90 Å². The minimum Gasteiger partial charge on any atom is -0.481 e. The van der Waals surface area contributed by atoms with Crippen molar-refractivity contribution in [2.45, 2.75) is 44.2 Å². The van der Waals surface area contributed by atoms with Crippen molar-refractivity contribution in [3.63, 3.8) is 0 Å². The lowest BCUT2D eigenvalue weighted by atomic mass is 9.89. The van der Waals surface area contributed by atoms with E-state index in [0.717, 1.165) is 22.3 Å². The van der Waals surface area contributed by atoms with Crippen LogP contribution in [-0.4, -0.2) is 66.4 Å². The Labute approximate surface area is 205 Å². The first-order valence-electron chi connectivity index (χ1n) is 12.0. The summed E-state index contributed by atoms with van der Waals surface area (Å²) in [5, 5.41) is 12.3. The van der Waals surface area contributed by atoms with Gasteiger partial charge >= 0.3 is 12.1 Å². The molecule has 1 aliphatic heterocycles. The highest BCUT2D eigenvalue weighted by molar-refractivity contribution is 5.90. The number of rotatable bonds is 8. The van der Waals surface area contributed by atoms with E-state index in [9.17, 15) is 19.5 Å². The molecule has 2 aromatic rings. The molecule has 8 heteroatoms. The monoisotopic (exact) mass is 480 g/mol. The number of carboxylic acids is 1. The first kappa shape index (κ1) is 24.7. The average molecular weight is 481 g/mol. The molecule has 186 valence electrons. The molecule has 1 fully saturated rings. The lowest BCUT2D eigenvalue weighted by Crippen LogP contribution is -2.61. The quantitative estimate of drug-likeness (QED) is 0.598. The Balaban J connectivity index is 1.47. The molecule has 0 aromatic heterocycles. The van der Waals surface area contributed by atoms with E-state index in [2.05, 4.69) is 17.4 Å². The Morgan fingerprint density at radius 3 is 2.14 bits per heavy atom. The molecule has 0 radical (unpaired) electrons. The normalized spacial score (nSPS) is 19.1. The molecule has 2 N–H and O–H groups in total. The van der Waals surface area contributed by atoms with E-state index in [0.29, 0.717) is 12.8 Å². The zero-order chi connectivity index (χ0) is 25.2. The Bertz CT molecular complexity index is 1070. The fourth-order valence-electron chi connectivity index (χ4n) is 5.26. The topological polar surface area (TPSA) is 105 Å². The van der Waals surface area contributed by atoms with E-state index >= 15 is 0 Å². The number of amides is 2. The van der Waals surface area contributed by atoms with Crippen molar-refractivity contribution in [2.75, 3.05) is 26.9 Å². The molecule has 0 spiro atoms. The van der Waals surface area contributed by atoms with Crippen molar-refractivity contribution >= 4 is 18.0 Å². The number of alkyl carbamates (subject to hydrolysis) is 1. The number of fused-ring (bicyclic) bond motifs is 3. The molecule has 1 saturated heterocycles. The van der Waals surface area contributed by atoms with Crippen LogP contribution < -0.4 is 5.32 Å². The predicted molar refractivity (Wildman–Crippen MR) is 130 cm³/mol. The summed E-state index contributed by atoms with van der Waals surface area (Å²) < 4.78 is 11.0. The fraction of sp³-hybridized carbons (Fsp3) is 0.444. The zero-order valence-electron chi connectivity index (χ0n) is 20.3. The van der Waals surface area contributed by atoms with E-state index in [1.807, 2.05) is 50.2 Å². The number of carbonyl (C=O) groups is 3. The van der Waals surface area contributed by atoms with E-state index < -0.39 is 29.6 Å². The summed E-state index contributed by atoms with van der Waals surface area (Å²) >= 11 is 0. The summed E-state index contributed by atoms with van der Waals surface area (Å²) in [7, 11) is 1.57. The highest BCUT2D eigenvalue weighted by Crippen LogP contribution is 2.44. The molecule has 2 aliphatic rings. The van der Waals surface area contributed by atoms with Gasteiger partial charge in [-0.1, -0.05) is 62.4 Å². The second-order valence-electron chi connectivity index (χ2n) is 9.21. The first-order valence-corrected chi connectivity index (χ1v) is 12.0. The van der Waals surface area contributed by atoms with Gasteiger partial charge in [0.05, 0.1) is 19.3 Å². The average Bonchev–Trinajstić information content (AvgIpc) is 3.49. The van der Waals surface area contributed by atoms with E-state index in [1.54, 1.807) is 7.05 Å². The number of ether oxygens (including phenoxy) is 2. The summed E-state index contributed by atoms with van der Waals surface area (Å²) in [4.78, 5) is 39.5. The third-order valence-electron chi connectivity index (χ3n) is 7.49. The van der Waals surface area contributed by atoms with Crippen LogP contribution >= 0.6 is 0 Å². The number of likely N-dealkylation sites (N-methyl/N-ethyl adjacent to an activating group) is 1. The fourth-order valence-corrected chi connectivity index (χ4v) is 5.26. The second kappa shape index (κ2) is 10.1. The number of nitrogens with zero attached hydrogens (tertiary/aromatic N) is 1. The number of hydrogen-bond donors (Lipinski definition) is 2. The Kier molecular flexibility index (Phi) is 7.12. The number of benzene rings is 2. The smallest absolute Gasteiger partial charge is 0.408 e. The van der Waals surface area contributed by atoms with E-state index in [-0.39, 0.29) is 31.6 Å².